The fourth-order valence-electron chi connectivity index (χ4n) is 4.38. The Bertz CT molecular complexity index is 829. The molecule has 2 aromatic carbocycles. The van der Waals surface area contributed by atoms with Crippen LogP contribution in [0.3, 0.4) is 0 Å². The van der Waals surface area contributed by atoms with Gasteiger partial charge in [-0.1, -0.05) is 42.8 Å². The van der Waals surface area contributed by atoms with Crippen molar-refractivity contribution in [1.82, 2.24) is 4.90 Å². The number of carbonyl (C=O) groups is 2. The van der Waals surface area contributed by atoms with Crippen LogP contribution in [0.2, 0.25) is 0 Å². The number of nitrogens with zero attached hydrogens (tertiary/aromatic N) is 1. The average molecular weight is 337 g/mol. The monoisotopic (exact) mass is 337 g/mol. The number of rotatable bonds is 2. The van der Waals surface area contributed by atoms with Gasteiger partial charge in [-0.15, -0.1) is 0 Å². The minimum Gasteiger partial charge on any atom is -0.481 e. The first kappa shape index (κ1) is 16.1. The highest BCUT2D eigenvalue weighted by molar-refractivity contribution is 5.88. The van der Waals surface area contributed by atoms with E-state index in [0.29, 0.717) is 32.4 Å². The van der Waals surface area contributed by atoms with Gasteiger partial charge in [-0.3, -0.25) is 9.59 Å². The molecule has 1 aliphatic heterocycles. The average Bonchev–Trinajstić information content (AvgIpc) is 2.91. The van der Waals surface area contributed by atoms with Crippen LogP contribution in [0.25, 0.3) is 10.8 Å². The normalized spacial score (nSPS) is 23.3. The Morgan fingerprint density at radius 3 is 2.52 bits per heavy atom. The molecule has 0 bridgehead atoms. The summed E-state index contributed by atoms with van der Waals surface area (Å²) in [5, 5.41) is 11.7. The lowest BCUT2D eigenvalue weighted by Gasteiger charge is -2.22. The van der Waals surface area contributed by atoms with Gasteiger partial charge in [-0.25, -0.2) is 0 Å². The number of aliphatic carboxylic acids is 1. The largest absolute Gasteiger partial charge is 0.481 e. The summed E-state index contributed by atoms with van der Waals surface area (Å²) in [5.41, 5.74) is 2.51. The van der Waals surface area contributed by atoms with Gasteiger partial charge in [0.2, 0.25) is 5.91 Å². The van der Waals surface area contributed by atoms with Crippen molar-refractivity contribution in [2.45, 2.75) is 45.2 Å². The van der Waals surface area contributed by atoms with E-state index >= 15 is 0 Å². The van der Waals surface area contributed by atoms with E-state index in [2.05, 4.69) is 24.3 Å². The summed E-state index contributed by atoms with van der Waals surface area (Å²) in [5.74, 6) is -0.818. The lowest BCUT2D eigenvalue weighted by molar-refractivity contribution is -0.142. The highest BCUT2D eigenvalue weighted by Gasteiger charge is 2.32. The predicted molar refractivity (Wildman–Crippen MR) is 95.9 cm³/mol. The van der Waals surface area contributed by atoms with Crippen molar-refractivity contribution in [3.63, 3.8) is 0 Å². The van der Waals surface area contributed by atoms with E-state index in [1.54, 1.807) is 0 Å². The maximum Gasteiger partial charge on any atom is 0.306 e. The Morgan fingerprint density at radius 1 is 0.920 bits per heavy atom. The molecule has 130 valence electrons. The second kappa shape index (κ2) is 6.51. The molecule has 0 radical (unpaired) electrons. The lowest BCUT2D eigenvalue weighted by Crippen LogP contribution is -2.32. The van der Waals surface area contributed by atoms with E-state index in [1.807, 2.05) is 17.0 Å². The number of hydrogen-bond acceptors (Lipinski definition) is 2. The summed E-state index contributed by atoms with van der Waals surface area (Å²) in [4.78, 5) is 26.2. The first-order valence-corrected chi connectivity index (χ1v) is 9.14. The summed E-state index contributed by atoms with van der Waals surface area (Å²) < 4.78 is 0. The van der Waals surface area contributed by atoms with Gasteiger partial charge in [0.25, 0.3) is 0 Å². The standard InChI is InChI=1S/C21H23NO3/c23-20(15-5-3-6-16(10-9-15)21(24)25)22-12-17-11-8-14-4-1-2-7-18(14)19(17)13-22/h1-2,4,7-8,11,15-16H,3,5-6,9-10,12-13H2,(H,24,25). The van der Waals surface area contributed by atoms with Crippen LogP contribution in [0.1, 0.15) is 43.2 Å². The van der Waals surface area contributed by atoms with Crippen molar-refractivity contribution in [2.75, 3.05) is 0 Å². The maximum absolute atomic E-state index is 13.0. The SMILES string of the molecule is O=C(O)C1CCCC(C(=O)N2Cc3ccc4ccccc4c3C2)CC1. The molecule has 0 spiro atoms. The molecule has 2 aliphatic rings. The van der Waals surface area contributed by atoms with Crippen molar-refractivity contribution in [1.29, 1.82) is 0 Å². The topological polar surface area (TPSA) is 57.6 Å². The Balaban J connectivity index is 1.50. The van der Waals surface area contributed by atoms with Gasteiger partial charge in [0, 0.05) is 19.0 Å². The van der Waals surface area contributed by atoms with Crippen molar-refractivity contribution in [2.24, 2.45) is 11.8 Å². The van der Waals surface area contributed by atoms with Gasteiger partial charge >= 0.3 is 5.97 Å². The summed E-state index contributed by atoms with van der Waals surface area (Å²) in [6, 6.07) is 12.6. The zero-order valence-corrected chi connectivity index (χ0v) is 14.3. The van der Waals surface area contributed by atoms with Gasteiger partial charge in [-0.2, -0.15) is 0 Å². The van der Waals surface area contributed by atoms with Crippen molar-refractivity contribution >= 4 is 22.6 Å². The van der Waals surface area contributed by atoms with Crippen LogP contribution in [0.4, 0.5) is 0 Å². The number of hydrogen-bond donors (Lipinski definition) is 1. The first-order valence-electron chi connectivity index (χ1n) is 9.14. The number of fused-ring (bicyclic) bond motifs is 3. The first-order chi connectivity index (χ1) is 12.1. The van der Waals surface area contributed by atoms with Gasteiger partial charge < -0.3 is 10.0 Å². The Hall–Kier alpha value is -2.36. The van der Waals surface area contributed by atoms with Gasteiger partial charge in [0.15, 0.2) is 0 Å². The van der Waals surface area contributed by atoms with Crippen molar-refractivity contribution in [3.8, 4) is 0 Å². The molecule has 4 heteroatoms. The zero-order valence-electron chi connectivity index (χ0n) is 14.3. The van der Waals surface area contributed by atoms with Crippen LogP contribution in [0, 0.1) is 11.8 Å². The fraction of sp³-hybridized carbons (Fsp3) is 0.429. The van der Waals surface area contributed by atoms with E-state index in [9.17, 15) is 14.7 Å². The van der Waals surface area contributed by atoms with Gasteiger partial charge in [0.1, 0.15) is 0 Å². The third kappa shape index (κ3) is 3.01. The number of carbonyl (C=O) groups excluding carboxylic acids is 1. The highest BCUT2D eigenvalue weighted by Crippen LogP contribution is 2.34. The second-order valence-corrected chi connectivity index (χ2v) is 7.36. The smallest absolute Gasteiger partial charge is 0.306 e. The molecule has 1 saturated carbocycles. The highest BCUT2D eigenvalue weighted by atomic mass is 16.4. The molecule has 2 aromatic rings. The number of carboxylic acid groups (broad SMARTS) is 1. The molecule has 4 rings (SSSR count). The Morgan fingerprint density at radius 2 is 1.68 bits per heavy atom. The predicted octanol–water partition coefficient (Wildman–Crippen LogP) is 3.96. The molecule has 1 amide bonds. The van der Waals surface area contributed by atoms with Gasteiger partial charge in [0.05, 0.1) is 5.92 Å². The van der Waals surface area contributed by atoms with Crippen LogP contribution >= 0.6 is 0 Å². The molecule has 2 atom stereocenters. The summed E-state index contributed by atoms with van der Waals surface area (Å²) in [6.07, 6.45) is 3.66. The maximum atomic E-state index is 13.0. The fourth-order valence-corrected chi connectivity index (χ4v) is 4.38. The molecule has 1 N–H and O–H groups in total. The lowest BCUT2D eigenvalue weighted by atomic mass is 9.97. The van der Waals surface area contributed by atoms with Crippen LogP contribution in [0.15, 0.2) is 36.4 Å². The molecule has 2 unspecified atom stereocenters. The van der Waals surface area contributed by atoms with E-state index < -0.39 is 5.97 Å². The molecule has 1 fully saturated rings. The zero-order chi connectivity index (χ0) is 17.4. The second-order valence-electron chi connectivity index (χ2n) is 7.36. The van der Waals surface area contributed by atoms with E-state index in [0.717, 1.165) is 12.8 Å². The summed E-state index contributed by atoms with van der Waals surface area (Å²) in [7, 11) is 0. The summed E-state index contributed by atoms with van der Waals surface area (Å²) in [6.45, 7) is 1.35. The number of carboxylic acids is 1. The van der Waals surface area contributed by atoms with Crippen LogP contribution in [-0.4, -0.2) is 21.9 Å². The molecular weight excluding hydrogens is 314 g/mol. The van der Waals surface area contributed by atoms with Crippen LogP contribution in [0.5, 0.6) is 0 Å². The molecule has 4 nitrogen and oxygen atoms in total. The van der Waals surface area contributed by atoms with Gasteiger partial charge in [-0.05, 0) is 47.6 Å². The molecule has 0 aromatic heterocycles. The van der Waals surface area contributed by atoms with Crippen LogP contribution in [-0.2, 0) is 22.7 Å². The Labute approximate surface area is 147 Å². The molecule has 1 aliphatic carbocycles. The summed E-state index contributed by atoms with van der Waals surface area (Å²) >= 11 is 0. The Kier molecular flexibility index (Phi) is 4.20. The minimum absolute atomic E-state index is 0.0232. The molecular formula is C21H23NO3. The van der Waals surface area contributed by atoms with E-state index in [1.165, 1.54) is 21.9 Å². The van der Waals surface area contributed by atoms with E-state index in [4.69, 9.17) is 0 Å². The number of benzene rings is 2. The third-order valence-electron chi connectivity index (χ3n) is 5.83. The van der Waals surface area contributed by atoms with Crippen molar-refractivity contribution < 1.29 is 14.7 Å². The quantitative estimate of drug-likeness (QED) is 0.844. The molecule has 0 saturated heterocycles. The van der Waals surface area contributed by atoms with E-state index in [-0.39, 0.29) is 17.7 Å². The molecule has 1 heterocycles. The minimum atomic E-state index is -0.715. The van der Waals surface area contributed by atoms with Crippen molar-refractivity contribution in [3.05, 3.63) is 47.5 Å². The third-order valence-corrected chi connectivity index (χ3v) is 5.83. The van der Waals surface area contributed by atoms with Crippen LogP contribution < -0.4 is 0 Å². The molecule has 25 heavy (non-hydrogen) atoms. The number of amides is 1.